The number of nitrogens with zero attached hydrogens (tertiary/aromatic N) is 1. The van der Waals surface area contributed by atoms with E-state index in [1.54, 1.807) is 25.1 Å². The molecule has 154 valence electrons. The number of halogens is 4. The van der Waals surface area contributed by atoms with Crippen molar-refractivity contribution in [3.63, 3.8) is 0 Å². The number of fused-ring (bicyclic) bond motifs is 1. The van der Waals surface area contributed by atoms with Crippen LogP contribution >= 0.6 is 15.9 Å². The minimum atomic E-state index is -5.05. The first-order valence-corrected chi connectivity index (χ1v) is 9.48. The largest absolute Gasteiger partial charge is 0.493 e. The van der Waals surface area contributed by atoms with Gasteiger partial charge in [0.2, 0.25) is 0 Å². The summed E-state index contributed by atoms with van der Waals surface area (Å²) in [6, 6.07) is 9.37. The lowest BCUT2D eigenvalue weighted by molar-refractivity contribution is -0.170. The zero-order valence-electron chi connectivity index (χ0n) is 15.3. The van der Waals surface area contributed by atoms with E-state index in [1.165, 1.54) is 18.2 Å². The number of carbonyl (C=O) groups excluding carboxylic acids is 1. The zero-order chi connectivity index (χ0) is 21.3. The minimum Gasteiger partial charge on any atom is -0.493 e. The Morgan fingerprint density at radius 2 is 2.00 bits per heavy atom. The summed E-state index contributed by atoms with van der Waals surface area (Å²) < 4.78 is 45.9. The molecule has 1 atom stereocenters. The molecule has 5 nitrogen and oxygen atoms in total. The molecule has 2 aromatic rings. The van der Waals surface area contributed by atoms with Crippen LogP contribution in [0, 0.1) is 6.92 Å². The average Bonchev–Trinajstić information content (AvgIpc) is 3.03. The van der Waals surface area contributed by atoms with Crippen LogP contribution in [-0.4, -0.2) is 29.8 Å². The summed E-state index contributed by atoms with van der Waals surface area (Å²) in [7, 11) is 0. The third-order valence-electron chi connectivity index (χ3n) is 4.81. The fourth-order valence-electron chi connectivity index (χ4n) is 3.24. The zero-order valence-corrected chi connectivity index (χ0v) is 16.9. The highest BCUT2D eigenvalue weighted by Gasteiger charge is 2.43. The van der Waals surface area contributed by atoms with Crippen LogP contribution in [0.15, 0.2) is 40.9 Å². The lowest BCUT2D eigenvalue weighted by Gasteiger charge is -2.25. The van der Waals surface area contributed by atoms with E-state index < -0.39 is 18.1 Å². The molecule has 0 aliphatic carbocycles. The van der Waals surface area contributed by atoms with Gasteiger partial charge in [0.15, 0.2) is 0 Å². The molecule has 0 saturated carbocycles. The van der Waals surface area contributed by atoms with Crippen molar-refractivity contribution in [3.8, 4) is 5.75 Å². The van der Waals surface area contributed by atoms with E-state index in [0.717, 1.165) is 10.0 Å². The van der Waals surface area contributed by atoms with Gasteiger partial charge in [-0.3, -0.25) is 9.59 Å². The first kappa shape index (κ1) is 21.2. The molecule has 29 heavy (non-hydrogen) atoms. The maximum absolute atomic E-state index is 13.3. The number of aliphatic carboxylic acids is 1. The fourth-order valence-corrected chi connectivity index (χ4v) is 3.65. The Kier molecular flexibility index (Phi) is 5.88. The number of anilines is 1. The minimum absolute atomic E-state index is 0.0291. The predicted molar refractivity (Wildman–Crippen MR) is 103 cm³/mol. The van der Waals surface area contributed by atoms with Crippen molar-refractivity contribution >= 4 is 33.5 Å². The number of hydrogen-bond acceptors (Lipinski definition) is 3. The SMILES string of the molecule is Cc1c(Br)cccc1CN(C(=O)C(F)(F)F)c1ccc2c(c1)OC[C@H]2CC(=O)O. The normalized spacial score (nSPS) is 15.6. The van der Waals surface area contributed by atoms with Crippen molar-refractivity contribution in [3.05, 3.63) is 57.6 Å². The van der Waals surface area contributed by atoms with Crippen LogP contribution in [-0.2, 0) is 16.1 Å². The summed E-state index contributed by atoms with van der Waals surface area (Å²) in [4.78, 5) is 23.8. The maximum atomic E-state index is 13.3. The van der Waals surface area contributed by atoms with Crippen LogP contribution in [0.2, 0.25) is 0 Å². The predicted octanol–water partition coefficient (Wildman–Crippen LogP) is 4.80. The lowest BCUT2D eigenvalue weighted by Crippen LogP contribution is -2.41. The van der Waals surface area contributed by atoms with E-state index >= 15 is 0 Å². The molecule has 1 amide bonds. The molecule has 0 unspecified atom stereocenters. The third-order valence-corrected chi connectivity index (χ3v) is 5.66. The van der Waals surface area contributed by atoms with Crippen LogP contribution < -0.4 is 9.64 Å². The lowest BCUT2D eigenvalue weighted by atomic mass is 9.97. The third kappa shape index (κ3) is 4.55. The van der Waals surface area contributed by atoms with E-state index in [9.17, 15) is 22.8 Å². The number of alkyl halides is 3. The number of benzene rings is 2. The molecule has 0 bridgehead atoms. The number of carboxylic acid groups (broad SMARTS) is 1. The van der Waals surface area contributed by atoms with E-state index in [1.807, 2.05) is 0 Å². The van der Waals surface area contributed by atoms with Gasteiger partial charge < -0.3 is 14.7 Å². The van der Waals surface area contributed by atoms with Gasteiger partial charge in [-0.25, -0.2) is 0 Å². The van der Waals surface area contributed by atoms with Gasteiger partial charge >= 0.3 is 18.1 Å². The molecular formula is C20H17BrF3NO4. The van der Waals surface area contributed by atoms with E-state index in [-0.39, 0.29) is 31.2 Å². The highest BCUT2D eigenvalue weighted by Crippen LogP contribution is 2.39. The summed E-state index contributed by atoms with van der Waals surface area (Å²) in [5.74, 6) is -3.07. The van der Waals surface area contributed by atoms with Gasteiger partial charge in [0.1, 0.15) is 5.75 Å². The Morgan fingerprint density at radius 3 is 2.66 bits per heavy atom. The Morgan fingerprint density at radius 1 is 1.28 bits per heavy atom. The van der Waals surface area contributed by atoms with Crippen molar-refractivity contribution in [2.75, 3.05) is 11.5 Å². The second-order valence-corrected chi connectivity index (χ2v) is 7.60. The second kappa shape index (κ2) is 8.06. The summed E-state index contributed by atoms with van der Waals surface area (Å²) in [6.07, 6.45) is -5.19. The number of ether oxygens (including phenoxy) is 1. The maximum Gasteiger partial charge on any atom is 0.471 e. The molecule has 0 fully saturated rings. The molecule has 0 radical (unpaired) electrons. The standard InChI is InChI=1S/C20H17BrF3NO4/c1-11-12(3-2-4-16(11)21)9-25(19(28)20(22,23)24)14-5-6-15-13(7-18(26)27)10-29-17(15)8-14/h2-6,8,13H,7,9-10H2,1H3,(H,26,27)/t13-/m1/s1. The summed E-state index contributed by atoms with van der Waals surface area (Å²) in [5.41, 5.74) is 1.92. The van der Waals surface area contributed by atoms with E-state index in [2.05, 4.69) is 15.9 Å². The summed E-state index contributed by atoms with van der Waals surface area (Å²) >= 11 is 3.34. The van der Waals surface area contributed by atoms with Gasteiger partial charge in [-0.2, -0.15) is 13.2 Å². The van der Waals surface area contributed by atoms with Crippen LogP contribution in [0.1, 0.15) is 29.0 Å². The monoisotopic (exact) mass is 471 g/mol. The highest BCUT2D eigenvalue weighted by molar-refractivity contribution is 9.10. The molecule has 2 aromatic carbocycles. The summed E-state index contributed by atoms with van der Waals surface area (Å²) in [6.45, 7) is 1.60. The molecule has 1 aliphatic rings. The molecule has 1 heterocycles. The quantitative estimate of drug-likeness (QED) is 0.679. The van der Waals surface area contributed by atoms with Gasteiger partial charge in [-0.15, -0.1) is 0 Å². The van der Waals surface area contributed by atoms with Crippen molar-refractivity contribution in [2.24, 2.45) is 0 Å². The van der Waals surface area contributed by atoms with Crippen molar-refractivity contribution in [2.45, 2.75) is 32.0 Å². The second-order valence-electron chi connectivity index (χ2n) is 6.74. The summed E-state index contributed by atoms with van der Waals surface area (Å²) in [5, 5.41) is 8.98. The number of hydrogen-bond donors (Lipinski definition) is 1. The van der Waals surface area contributed by atoms with Gasteiger partial charge in [-0.05, 0) is 30.2 Å². The van der Waals surface area contributed by atoms with Crippen LogP contribution in [0.5, 0.6) is 5.75 Å². The van der Waals surface area contributed by atoms with Crippen molar-refractivity contribution in [1.82, 2.24) is 0 Å². The topological polar surface area (TPSA) is 66.8 Å². The molecule has 0 aromatic heterocycles. The Bertz CT molecular complexity index is 961. The van der Waals surface area contributed by atoms with Crippen LogP contribution in [0.3, 0.4) is 0 Å². The number of amides is 1. The van der Waals surface area contributed by atoms with Gasteiger partial charge in [0, 0.05) is 27.7 Å². The first-order chi connectivity index (χ1) is 13.6. The molecule has 0 saturated heterocycles. The van der Waals surface area contributed by atoms with Crippen LogP contribution in [0.25, 0.3) is 0 Å². The molecular weight excluding hydrogens is 455 g/mol. The Labute approximate surface area is 173 Å². The van der Waals surface area contributed by atoms with Crippen molar-refractivity contribution < 1.29 is 32.6 Å². The van der Waals surface area contributed by atoms with E-state index in [0.29, 0.717) is 21.8 Å². The average molecular weight is 472 g/mol. The highest BCUT2D eigenvalue weighted by atomic mass is 79.9. The van der Waals surface area contributed by atoms with Gasteiger partial charge in [0.05, 0.1) is 19.6 Å². The molecule has 1 aliphatic heterocycles. The number of carbonyl (C=O) groups is 2. The number of rotatable bonds is 5. The van der Waals surface area contributed by atoms with Crippen molar-refractivity contribution in [1.29, 1.82) is 0 Å². The molecule has 1 N–H and O–H groups in total. The number of carboxylic acids is 1. The first-order valence-electron chi connectivity index (χ1n) is 8.69. The molecule has 0 spiro atoms. The smallest absolute Gasteiger partial charge is 0.471 e. The van der Waals surface area contributed by atoms with E-state index in [4.69, 9.17) is 9.84 Å². The Balaban J connectivity index is 1.98. The van der Waals surface area contributed by atoms with Gasteiger partial charge in [-0.1, -0.05) is 34.1 Å². The van der Waals surface area contributed by atoms with Gasteiger partial charge in [0.25, 0.3) is 0 Å². The van der Waals surface area contributed by atoms with Crippen LogP contribution in [0.4, 0.5) is 18.9 Å². The molecule has 9 heteroatoms. The fraction of sp³-hybridized carbons (Fsp3) is 0.300. The molecule has 3 rings (SSSR count). The Hall–Kier alpha value is -2.55.